The molecule has 0 radical (unpaired) electrons. The van der Waals surface area contributed by atoms with Crippen LogP contribution in [0.25, 0.3) is 0 Å². The molecule has 6 nitrogen and oxygen atoms in total. The molecular formula is C24H16Cl2O6. The Hall–Kier alpha value is -3.19. The van der Waals surface area contributed by atoms with E-state index in [9.17, 15) is 14.4 Å². The fourth-order valence-corrected chi connectivity index (χ4v) is 3.66. The molecule has 0 saturated carbocycles. The largest absolute Gasteiger partial charge is 0.419 e. The van der Waals surface area contributed by atoms with Crippen LogP contribution in [0.5, 0.6) is 11.5 Å². The summed E-state index contributed by atoms with van der Waals surface area (Å²) in [5, 5.41) is 0.398. The van der Waals surface area contributed by atoms with Crippen molar-refractivity contribution in [2.45, 2.75) is 19.6 Å². The van der Waals surface area contributed by atoms with Crippen LogP contribution in [0.1, 0.15) is 43.6 Å². The minimum atomic E-state index is -0.773. The topological polar surface area (TPSA) is 78.9 Å². The minimum Gasteiger partial charge on any atom is -0.419 e. The Bertz CT molecular complexity index is 1240. The fraction of sp³-hybridized carbons (Fsp3) is 0.125. The molecule has 0 bridgehead atoms. The van der Waals surface area contributed by atoms with Gasteiger partial charge in [-0.3, -0.25) is 4.79 Å². The molecule has 0 aromatic heterocycles. The monoisotopic (exact) mass is 470 g/mol. The molecule has 0 aliphatic carbocycles. The van der Waals surface area contributed by atoms with E-state index in [2.05, 4.69) is 0 Å². The zero-order valence-corrected chi connectivity index (χ0v) is 18.3. The van der Waals surface area contributed by atoms with Gasteiger partial charge in [-0.15, -0.1) is 0 Å². The number of carbonyl (C=O) groups excluding carboxylic acids is 3. The molecule has 0 spiro atoms. The number of rotatable bonds is 4. The lowest BCUT2D eigenvalue weighted by atomic mass is 9.97. The number of benzene rings is 3. The number of carbonyl (C=O) groups is 3. The Morgan fingerprint density at radius 1 is 0.875 bits per heavy atom. The van der Waals surface area contributed by atoms with Crippen molar-refractivity contribution in [1.29, 1.82) is 0 Å². The van der Waals surface area contributed by atoms with E-state index in [1.54, 1.807) is 43.3 Å². The maximum absolute atomic E-state index is 12.8. The molecular weight excluding hydrogens is 455 g/mol. The maximum Gasteiger partial charge on any atom is 0.345 e. The molecule has 1 heterocycles. The number of esters is 2. The van der Waals surface area contributed by atoms with Gasteiger partial charge in [0.2, 0.25) is 0 Å². The number of ether oxygens (including phenoxy) is 3. The predicted octanol–water partition coefficient (Wildman–Crippen LogP) is 5.53. The molecule has 0 saturated heterocycles. The van der Waals surface area contributed by atoms with Crippen molar-refractivity contribution < 1.29 is 28.6 Å². The molecule has 32 heavy (non-hydrogen) atoms. The lowest BCUT2D eigenvalue weighted by Gasteiger charge is -2.24. The Kier molecular flexibility index (Phi) is 6.28. The minimum absolute atomic E-state index is 0.00907. The van der Waals surface area contributed by atoms with Crippen molar-refractivity contribution in [3.63, 3.8) is 0 Å². The van der Waals surface area contributed by atoms with Gasteiger partial charge in [0.1, 0.15) is 6.10 Å². The van der Waals surface area contributed by atoms with Gasteiger partial charge >= 0.3 is 11.9 Å². The highest BCUT2D eigenvalue weighted by molar-refractivity contribution is 6.34. The van der Waals surface area contributed by atoms with E-state index in [1.165, 1.54) is 24.3 Å². The number of fused-ring (bicyclic) bond motifs is 1. The number of hydrogen-bond acceptors (Lipinski definition) is 6. The van der Waals surface area contributed by atoms with Gasteiger partial charge in [0.05, 0.1) is 27.8 Å². The van der Waals surface area contributed by atoms with Crippen LogP contribution in [0.15, 0.2) is 60.7 Å². The van der Waals surface area contributed by atoms with Crippen LogP contribution in [0.3, 0.4) is 0 Å². The average Bonchev–Trinajstić information content (AvgIpc) is 2.78. The summed E-state index contributed by atoms with van der Waals surface area (Å²) in [5.41, 5.74) is 0.879. The van der Waals surface area contributed by atoms with Gasteiger partial charge in [0, 0.05) is 11.1 Å². The first-order chi connectivity index (χ1) is 15.4. The summed E-state index contributed by atoms with van der Waals surface area (Å²) in [4.78, 5) is 38.1. The van der Waals surface area contributed by atoms with Crippen LogP contribution in [-0.2, 0) is 11.3 Å². The van der Waals surface area contributed by atoms with E-state index in [0.29, 0.717) is 11.1 Å². The van der Waals surface area contributed by atoms with Crippen LogP contribution in [-0.4, -0.2) is 23.8 Å². The smallest absolute Gasteiger partial charge is 0.345 e. The standard InChI is InChI=1S/C24H16Cl2O6/c1-13-21(27)14-10-11-20(31-23(28)15-6-2-4-8-18(15)25)22(17(14)12-30-13)32-24(29)16-7-3-5-9-19(16)26/h2-11,13H,12H2,1H3. The Balaban J connectivity index is 1.76. The zero-order valence-electron chi connectivity index (χ0n) is 16.8. The van der Waals surface area contributed by atoms with Gasteiger partial charge in [-0.05, 0) is 43.3 Å². The molecule has 3 aromatic rings. The molecule has 1 aliphatic heterocycles. The van der Waals surface area contributed by atoms with Crippen molar-refractivity contribution >= 4 is 40.9 Å². The first kappa shape index (κ1) is 22.0. The number of ketones is 1. The Morgan fingerprint density at radius 3 is 2.03 bits per heavy atom. The number of Topliss-reactive ketones (excluding diaryl/α,β-unsaturated/α-hetero) is 1. The van der Waals surface area contributed by atoms with Crippen LogP contribution in [0.2, 0.25) is 10.0 Å². The third kappa shape index (κ3) is 4.25. The normalized spacial score (nSPS) is 15.1. The predicted molar refractivity (Wildman–Crippen MR) is 118 cm³/mol. The summed E-state index contributed by atoms with van der Waals surface area (Å²) >= 11 is 12.2. The van der Waals surface area contributed by atoms with E-state index in [-0.39, 0.29) is 45.1 Å². The Morgan fingerprint density at radius 2 is 1.44 bits per heavy atom. The van der Waals surface area contributed by atoms with Gasteiger partial charge < -0.3 is 14.2 Å². The molecule has 3 aromatic carbocycles. The zero-order chi connectivity index (χ0) is 22.8. The fourth-order valence-electron chi connectivity index (χ4n) is 3.23. The highest BCUT2D eigenvalue weighted by atomic mass is 35.5. The van der Waals surface area contributed by atoms with E-state index >= 15 is 0 Å². The second-order valence-corrected chi connectivity index (χ2v) is 7.79. The third-order valence-corrected chi connectivity index (χ3v) is 5.58. The summed E-state index contributed by atoms with van der Waals surface area (Å²) in [5.74, 6) is -1.94. The molecule has 162 valence electrons. The third-order valence-electron chi connectivity index (χ3n) is 4.92. The molecule has 8 heteroatoms. The van der Waals surface area contributed by atoms with Crippen molar-refractivity contribution in [2.24, 2.45) is 0 Å². The average molecular weight is 471 g/mol. The van der Waals surface area contributed by atoms with Crippen molar-refractivity contribution in [3.8, 4) is 11.5 Å². The lowest BCUT2D eigenvalue weighted by Crippen LogP contribution is -2.28. The second-order valence-electron chi connectivity index (χ2n) is 6.98. The SMILES string of the molecule is CC1OCc2c(ccc(OC(=O)c3ccccc3Cl)c2OC(=O)c2ccccc2Cl)C1=O. The number of hydrogen-bond donors (Lipinski definition) is 0. The summed E-state index contributed by atoms with van der Waals surface area (Å²) in [6.07, 6.45) is -0.647. The van der Waals surface area contributed by atoms with Gasteiger partial charge in [-0.2, -0.15) is 0 Å². The molecule has 1 aliphatic rings. The molecule has 0 N–H and O–H groups in total. The van der Waals surface area contributed by atoms with Gasteiger partial charge in [-0.1, -0.05) is 47.5 Å². The highest BCUT2D eigenvalue weighted by Crippen LogP contribution is 2.39. The highest BCUT2D eigenvalue weighted by Gasteiger charge is 2.31. The van der Waals surface area contributed by atoms with Crippen LogP contribution in [0, 0.1) is 0 Å². The quantitative estimate of drug-likeness (QED) is 0.368. The van der Waals surface area contributed by atoms with Crippen LogP contribution in [0.4, 0.5) is 0 Å². The summed E-state index contributed by atoms with van der Waals surface area (Å²) < 4.78 is 16.6. The van der Waals surface area contributed by atoms with Crippen molar-refractivity contribution in [2.75, 3.05) is 0 Å². The summed E-state index contributed by atoms with van der Waals surface area (Å²) in [6.45, 7) is 1.62. The van der Waals surface area contributed by atoms with Crippen molar-refractivity contribution in [1.82, 2.24) is 0 Å². The van der Waals surface area contributed by atoms with Crippen molar-refractivity contribution in [3.05, 3.63) is 93.0 Å². The second kappa shape index (κ2) is 9.12. The van der Waals surface area contributed by atoms with E-state index in [4.69, 9.17) is 37.4 Å². The van der Waals surface area contributed by atoms with E-state index < -0.39 is 18.0 Å². The van der Waals surface area contributed by atoms with Gasteiger partial charge in [-0.25, -0.2) is 9.59 Å². The summed E-state index contributed by atoms with van der Waals surface area (Å²) in [7, 11) is 0. The lowest BCUT2D eigenvalue weighted by molar-refractivity contribution is 0.0321. The molecule has 1 unspecified atom stereocenters. The van der Waals surface area contributed by atoms with Crippen LogP contribution >= 0.6 is 23.2 Å². The molecule has 0 amide bonds. The maximum atomic E-state index is 12.8. The number of halogens is 2. The first-order valence-corrected chi connectivity index (χ1v) is 10.4. The molecule has 4 rings (SSSR count). The molecule has 0 fully saturated rings. The first-order valence-electron chi connectivity index (χ1n) is 9.62. The van der Waals surface area contributed by atoms with Gasteiger partial charge in [0.15, 0.2) is 17.3 Å². The van der Waals surface area contributed by atoms with Crippen LogP contribution < -0.4 is 9.47 Å². The Labute approximate surface area is 193 Å². The van der Waals surface area contributed by atoms with E-state index in [0.717, 1.165) is 0 Å². The van der Waals surface area contributed by atoms with Gasteiger partial charge in [0.25, 0.3) is 0 Å². The summed E-state index contributed by atoms with van der Waals surface area (Å²) in [6, 6.07) is 15.6. The van der Waals surface area contributed by atoms with E-state index in [1.807, 2.05) is 0 Å². The molecule has 1 atom stereocenters.